The van der Waals surface area contributed by atoms with E-state index in [1.807, 2.05) is 6.92 Å². The van der Waals surface area contributed by atoms with Crippen LogP contribution in [0.2, 0.25) is 0 Å². The molecule has 0 saturated heterocycles. The predicted octanol–water partition coefficient (Wildman–Crippen LogP) is 1.89. The van der Waals surface area contributed by atoms with Gasteiger partial charge in [0.2, 0.25) is 10.1 Å². The lowest BCUT2D eigenvalue weighted by Crippen LogP contribution is -2.36. The summed E-state index contributed by atoms with van der Waals surface area (Å²) in [6, 6.07) is 0.300. The van der Waals surface area contributed by atoms with Gasteiger partial charge in [0, 0.05) is 12.6 Å². The van der Waals surface area contributed by atoms with Gasteiger partial charge in [0.15, 0.2) is 0 Å². The van der Waals surface area contributed by atoms with E-state index in [2.05, 4.69) is 27.8 Å². The van der Waals surface area contributed by atoms with Crippen LogP contribution in [0, 0.1) is 5.92 Å². The molecule has 6 heteroatoms. The summed E-state index contributed by atoms with van der Waals surface area (Å²) < 4.78 is 0. The molecule has 1 fully saturated rings. The summed E-state index contributed by atoms with van der Waals surface area (Å²) in [5, 5.41) is 15.1. The third kappa shape index (κ3) is 2.94. The zero-order valence-corrected chi connectivity index (χ0v) is 11.0. The van der Waals surface area contributed by atoms with Crippen LogP contribution >= 0.6 is 11.3 Å². The first-order valence-electron chi connectivity index (χ1n) is 6.09. The van der Waals surface area contributed by atoms with E-state index in [9.17, 15) is 4.79 Å². The molecule has 0 aliphatic heterocycles. The van der Waals surface area contributed by atoms with Crippen molar-refractivity contribution < 1.29 is 4.79 Å². The maximum absolute atomic E-state index is 11.9. The number of hydrogen-bond donors (Lipinski definition) is 2. The molecule has 1 heterocycles. The third-order valence-corrected chi connectivity index (χ3v) is 4.00. The number of nitrogens with one attached hydrogen (secondary N) is 2. The maximum Gasteiger partial charge on any atom is 0.282 e. The van der Waals surface area contributed by atoms with Crippen molar-refractivity contribution in [3.05, 3.63) is 5.01 Å². The van der Waals surface area contributed by atoms with Gasteiger partial charge >= 0.3 is 0 Å². The van der Waals surface area contributed by atoms with Crippen LogP contribution < -0.4 is 10.6 Å². The van der Waals surface area contributed by atoms with E-state index in [-0.39, 0.29) is 5.91 Å². The molecular formula is C11H18N4OS. The topological polar surface area (TPSA) is 66.9 Å². The van der Waals surface area contributed by atoms with E-state index in [0.29, 0.717) is 22.1 Å². The van der Waals surface area contributed by atoms with Crippen molar-refractivity contribution in [3.63, 3.8) is 0 Å². The second-order valence-corrected chi connectivity index (χ2v) is 5.41. The minimum absolute atomic E-state index is 0.0922. The first-order valence-corrected chi connectivity index (χ1v) is 6.90. The molecule has 1 amide bonds. The highest BCUT2D eigenvalue weighted by Crippen LogP contribution is 2.25. The van der Waals surface area contributed by atoms with Crippen LogP contribution in [0.25, 0.3) is 0 Å². The molecule has 94 valence electrons. The Labute approximate surface area is 105 Å². The van der Waals surface area contributed by atoms with Crippen LogP contribution in [-0.2, 0) is 0 Å². The van der Waals surface area contributed by atoms with Gasteiger partial charge in [-0.25, -0.2) is 0 Å². The highest BCUT2D eigenvalue weighted by molar-refractivity contribution is 7.17. The second-order valence-electron chi connectivity index (χ2n) is 4.43. The smallest absolute Gasteiger partial charge is 0.282 e. The summed E-state index contributed by atoms with van der Waals surface area (Å²) >= 11 is 1.30. The van der Waals surface area contributed by atoms with Crippen LogP contribution in [0.15, 0.2) is 0 Å². The molecule has 0 radical (unpaired) electrons. The number of rotatable bonds is 4. The Morgan fingerprint density at radius 2 is 2.29 bits per heavy atom. The van der Waals surface area contributed by atoms with Crippen LogP contribution in [0.1, 0.15) is 42.9 Å². The number of hydrogen-bond acceptors (Lipinski definition) is 5. The van der Waals surface area contributed by atoms with Crippen LogP contribution in [-0.4, -0.2) is 28.7 Å². The van der Waals surface area contributed by atoms with Crippen molar-refractivity contribution in [3.8, 4) is 0 Å². The van der Waals surface area contributed by atoms with E-state index in [4.69, 9.17) is 0 Å². The Bertz CT molecular complexity index is 393. The average Bonchev–Trinajstić information content (AvgIpc) is 2.90. The van der Waals surface area contributed by atoms with Crippen molar-refractivity contribution in [1.29, 1.82) is 0 Å². The molecule has 1 aliphatic rings. The van der Waals surface area contributed by atoms with Gasteiger partial charge in [-0.15, -0.1) is 10.2 Å². The number of aromatic nitrogens is 2. The van der Waals surface area contributed by atoms with Gasteiger partial charge in [-0.2, -0.15) is 0 Å². The fraction of sp³-hybridized carbons (Fsp3) is 0.727. The first kappa shape index (κ1) is 12.3. The van der Waals surface area contributed by atoms with Gasteiger partial charge in [0.25, 0.3) is 5.91 Å². The Morgan fingerprint density at radius 3 is 2.94 bits per heavy atom. The fourth-order valence-corrected chi connectivity index (χ4v) is 2.84. The normalized spacial score (nSPS) is 23.6. The first-order chi connectivity index (χ1) is 8.20. The molecule has 2 unspecified atom stereocenters. The van der Waals surface area contributed by atoms with Crippen LogP contribution in [0.3, 0.4) is 0 Å². The third-order valence-electron chi connectivity index (χ3n) is 3.13. The molecule has 1 aromatic rings. The number of anilines is 1. The van der Waals surface area contributed by atoms with E-state index >= 15 is 0 Å². The lowest BCUT2D eigenvalue weighted by molar-refractivity contribution is 0.0928. The highest BCUT2D eigenvalue weighted by atomic mass is 32.1. The molecule has 0 spiro atoms. The zero-order chi connectivity index (χ0) is 12.3. The van der Waals surface area contributed by atoms with Gasteiger partial charge in [-0.3, -0.25) is 4.79 Å². The highest BCUT2D eigenvalue weighted by Gasteiger charge is 2.26. The van der Waals surface area contributed by atoms with Gasteiger partial charge < -0.3 is 10.6 Å². The maximum atomic E-state index is 11.9. The Kier molecular flexibility index (Phi) is 3.93. The molecule has 2 atom stereocenters. The second kappa shape index (κ2) is 5.44. The standard InChI is InChI=1S/C11H18N4OS/c1-3-12-11-15-14-10(17-11)9(16)13-8-6-4-5-7(8)2/h7-8H,3-6H2,1-2H3,(H,12,15)(H,13,16). The quantitative estimate of drug-likeness (QED) is 0.861. The molecule has 1 saturated carbocycles. The van der Waals surface area contributed by atoms with E-state index < -0.39 is 0 Å². The fourth-order valence-electron chi connectivity index (χ4n) is 2.13. The lowest BCUT2D eigenvalue weighted by Gasteiger charge is -2.15. The van der Waals surface area contributed by atoms with Crippen molar-refractivity contribution in [1.82, 2.24) is 15.5 Å². The van der Waals surface area contributed by atoms with Crippen molar-refractivity contribution in [2.75, 3.05) is 11.9 Å². The molecule has 1 aromatic heterocycles. The summed E-state index contributed by atoms with van der Waals surface area (Å²) in [7, 11) is 0. The van der Waals surface area contributed by atoms with Gasteiger partial charge in [-0.1, -0.05) is 24.7 Å². The van der Waals surface area contributed by atoms with Crippen molar-refractivity contribution in [2.45, 2.75) is 39.2 Å². The molecule has 2 rings (SSSR count). The van der Waals surface area contributed by atoms with Crippen molar-refractivity contribution >= 4 is 22.4 Å². The van der Waals surface area contributed by atoms with E-state index in [0.717, 1.165) is 13.0 Å². The Balaban J connectivity index is 1.94. The van der Waals surface area contributed by atoms with Gasteiger partial charge in [0.1, 0.15) is 0 Å². The molecular weight excluding hydrogens is 236 g/mol. The lowest BCUT2D eigenvalue weighted by atomic mass is 10.1. The minimum atomic E-state index is -0.0922. The number of carbonyl (C=O) groups is 1. The molecule has 0 aromatic carbocycles. The Morgan fingerprint density at radius 1 is 1.47 bits per heavy atom. The van der Waals surface area contributed by atoms with Gasteiger partial charge in [0.05, 0.1) is 0 Å². The molecule has 0 bridgehead atoms. The SMILES string of the molecule is CCNc1nnc(C(=O)NC2CCCC2C)s1. The van der Waals surface area contributed by atoms with Crippen LogP contribution in [0.5, 0.6) is 0 Å². The average molecular weight is 254 g/mol. The molecule has 1 aliphatic carbocycles. The summed E-state index contributed by atoms with van der Waals surface area (Å²) in [6.07, 6.45) is 3.47. The van der Waals surface area contributed by atoms with Crippen LogP contribution in [0.4, 0.5) is 5.13 Å². The summed E-state index contributed by atoms with van der Waals surface area (Å²) in [6.45, 7) is 4.96. The monoisotopic (exact) mass is 254 g/mol. The zero-order valence-electron chi connectivity index (χ0n) is 10.2. The molecule has 17 heavy (non-hydrogen) atoms. The van der Waals surface area contributed by atoms with Gasteiger partial charge in [-0.05, 0) is 25.7 Å². The number of carbonyl (C=O) groups excluding carboxylic acids is 1. The summed E-state index contributed by atoms with van der Waals surface area (Å²) in [5.41, 5.74) is 0. The number of nitrogens with zero attached hydrogens (tertiary/aromatic N) is 2. The molecule has 2 N–H and O–H groups in total. The minimum Gasteiger partial charge on any atom is -0.360 e. The summed E-state index contributed by atoms with van der Waals surface area (Å²) in [5.74, 6) is 0.477. The Hall–Kier alpha value is -1.17. The number of amides is 1. The molecule has 5 nitrogen and oxygen atoms in total. The largest absolute Gasteiger partial charge is 0.360 e. The van der Waals surface area contributed by atoms with Crippen molar-refractivity contribution in [2.24, 2.45) is 5.92 Å². The van der Waals surface area contributed by atoms with E-state index in [1.165, 1.54) is 24.2 Å². The van der Waals surface area contributed by atoms with E-state index in [1.54, 1.807) is 0 Å². The predicted molar refractivity (Wildman–Crippen MR) is 68.3 cm³/mol. The summed E-state index contributed by atoms with van der Waals surface area (Å²) in [4.78, 5) is 11.9.